The molecule has 4 nitrogen and oxygen atoms in total. The molecule has 0 heterocycles. The van der Waals surface area contributed by atoms with Crippen molar-refractivity contribution >= 4 is 9.84 Å². The highest BCUT2D eigenvalue weighted by Crippen LogP contribution is 2.29. The van der Waals surface area contributed by atoms with Crippen LogP contribution in [0.1, 0.15) is 10.8 Å². The van der Waals surface area contributed by atoms with Crippen LogP contribution in [0.15, 0.2) is 53.4 Å². The molecule has 2 aromatic carbocycles. The first kappa shape index (κ1) is 15.5. The fourth-order valence-electron chi connectivity index (χ4n) is 2.08. The molecule has 112 valence electrons. The molecule has 0 fully saturated rings. The molecule has 21 heavy (non-hydrogen) atoms. The molecule has 0 aromatic heterocycles. The molecule has 0 bridgehead atoms. The first-order valence-electron chi connectivity index (χ1n) is 6.32. The molecule has 0 radical (unpaired) electrons. The van der Waals surface area contributed by atoms with Crippen LogP contribution in [0.3, 0.4) is 0 Å². The van der Waals surface area contributed by atoms with Crippen LogP contribution < -0.4 is 10.5 Å². The van der Waals surface area contributed by atoms with Crippen molar-refractivity contribution < 1.29 is 17.5 Å². The molecule has 0 unspecified atom stereocenters. The van der Waals surface area contributed by atoms with Crippen LogP contribution in [0.25, 0.3) is 0 Å². The quantitative estimate of drug-likeness (QED) is 0.920. The second kappa shape index (κ2) is 6.24. The van der Waals surface area contributed by atoms with Crippen molar-refractivity contribution in [3.63, 3.8) is 0 Å². The normalized spacial score (nSPS) is 12.9. The maximum Gasteiger partial charge on any atom is 0.186 e. The second-order valence-corrected chi connectivity index (χ2v) is 6.63. The Kier molecular flexibility index (Phi) is 4.59. The summed E-state index contributed by atoms with van der Waals surface area (Å²) >= 11 is 0. The maximum atomic E-state index is 13.3. The zero-order chi connectivity index (χ0) is 15.5. The van der Waals surface area contributed by atoms with E-state index in [1.807, 2.05) is 0 Å². The maximum absolute atomic E-state index is 13.3. The number of halogens is 1. The largest absolute Gasteiger partial charge is 0.497 e. The van der Waals surface area contributed by atoms with Gasteiger partial charge in [-0.15, -0.1) is 0 Å². The average molecular weight is 309 g/mol. The highest BCUT2D eigenvalue weighted by Gasteiger charge is 2.28. The van der Waals surface area contributed by atoms with Gasteiger partial charge >= 0.3 is 0 Å². The zero-order valence-corrected chi connectivity index (χ0v) is 12.3. The summed E-state index contributed by atoms with van der Waals surface area (Å²) in [5, 5.41) is -0.985. The zero-order valence-electron chi connectivity index (χ0n) is 11.5. The fourth-order valence-corrected chi connectivity index (χ4v) is 3.68. The predicted molar refractivity (Wildman–Crippen MR) is 78.4 cm³/mol. The average Bonchev–Trinajstić information content (AvgIpc) is 2.48. The highest BCUT2D eigenvalue weighted by molar-refractivity contribution is 7.91. The van der Waals surface area contributed by atoms with Crippen LogP contribution in [-0.2, 0) is 9.84 Å². The van der Waals surface area contributed by atoms with Gasteiger partial charge in [-0.05, 0) is 42.0 Å². The van der Waals surface area contributed by atoms with E-state index in [1.165, 1.54) is 37.4 Å². The van der Waals surface area contributed by atoms with Crippen molar-refractivity contribution in [2.24, 2.45) is 5.73 Å². The van der Waals surface area contributed by atoms with Crippen LogP contribution in [0.4, 0.5) is 4.39 Å². The molecule has 1 atom stereocenters. The SMILES string of the molecule is COc1ccc(S(=O)(=O)[C@H](CN)c2cccc(F)c2)cc1. The number of ether oxygens (including phenoxy) is 1. The molecule has 2 aromatic rings. The lowest BCUT2D eigenvalue weighted by molar-refractivity contribution is 0.414. The summed E-state index contributed by atoms with van der Waals surface area (Å²) in [6, 6.07) is 11.5. The molecular weight excluding hydrogens is 293 g/mol. The smallest absolute Gasteiger partial charge is 0.186 e. The van der Waals surface area contributed by atoms with Crippen molar-refractivity contribution in [3.8, 4) is 5.75 Å². The predicted octanol–water partition coefficient (Wildman–Crippen LogP) is 2.31. The van der Waals surface area contributed by atoms with Crippen molar-refractivity contribution in [1.29, 1.82) is 0 Å². The minimum absolute atomic E-state index is 0.127. The third-order valence-corrected chi connectivity index (χ3v) is 5.34. The molecule has 2 rings (SSSR count). The van der Waals surface area contributed by atoms with Crippen molar-refractivity contribution in [2.75, 3.05) is 13.7 Å². The minimum atomic E-state index is -3.69. The standard InChI is InChI=1S/C15H16FNO3S/c1-20-13-5-7-14(8-6-13)21(18,19)15(10-17)11-3-2-4-12(16)9-11/h2-9,15H,10,17H2,1H3/t15-/m1/s1. The monoisotopic (exact) mass is 309 g/mol. The van der Waals surface area contributed by atoms with E-state index >= 15 is 0 Å². The van der Waals surface area contributed by atoms with Crippen molar-refractivity contribution in [2.45, 2.75) is 10.1 Å². The molecule has 0 saturated carbocycles. The van der Waals surface area contributed by atoms with Crippen molar-refractivity contribution in [3.05, 3.63) is 59.9 Å². The lowest BCUT2D eigenvalue weighted by Gasteiger charge is -2.16. The van der Waals surface area contributed by atoms with Gasteiger partial charge in [-0.3, -0.25) is 0 Å². The number of rotatable bonds is 5. The summed E-state index contributed by atoms with van der Waals surface area (Å²) in [5.74, 6) is 0.0693. The number of hydrogen-bond acceptors (Lipinski definition) is 4. The second-order valence-electron chi connectivity index (χ2n) is 4.50. The molecule has 0 saturated heterocycles. The van der Waals surface area contributed by atoms with E-state index in [0.717, 1.165) is 0 Å². The number of benzene rings is 2. The number of sulfone groups is 1. The van der Waals surface area contributed by atoms with Gasteiger partial charge in [0.05, 0.1) is 12.0 Å². The van der Waals surface area contributed by atoms with Crippen LogP contribution in [0.5, 0.6) is 5.75 Å². The summed E-state index contributed by atoms with van der Waals surface area (Å²) in [6.07, 6.45) is 0. The van der Waals surface area contributed by atoms with Crippen LogP contribution in [0, 0.1) is 5.82 Å². The third kappa shape index (κ3) is 3.22. The molecule has 0 spiro atoms. The first-order chi connectivity index (χ1) is 9.98. The van der Waals surface area contributed by atoms with Gasteiger partial charge in [-0.25, -0.2) is 12.8 Å². The van der Waals surface area contributed by atoms with Crippen LogP contribution in [-0.4, -0.2) is 22.1 Å². The Balaban J connectivity index is 2.44. The van der Waals surface area contributed by atoms with E-state index in [-0.39, 0.29) is 11.4 Å². The molecule has 0 aliphatic carbocycles. The summed E-state index contributed by atoms with van der Waals surface area (Å²) in [6.45, 7) is -0.127. The lowest BCUT2D eigenvalue weighted by Crippen LogP contribution is -2.22. The van der Waals surface area contributed by atoms with E-state index in [2.05, 4.69) is 0 Å². The van der Waals surface area contributed by atoms with Gasteiger partial charge < -0.3 is 10.5 Å². The first-order valence-corrected chi connectivity index (χ1v) is 7.87. The van der Waals surface area contributed by atoms with Gasteiger partial charge in [-0.2, -0.15) is 0 Å². The highest BCUT2D eigenvalue weighted by atomic mass is 32.2. The van der Waals surface area contributed by atoms with Gasteiger partial charge in [0.15, 0.2) is 9.84 Å². The van der Waals surface area contributed by atoms with Crippen LogP contribution >= 0.6 is 0 Å². The summed E-state index contributed by atoms with van der Waals surface area (Å²) in [5.41, 5.74) is 5.95. The van der Waals surface area contributed by atoms with Crippen LogP contribution in [0.2, 0.25) is 0 Å². The summed E-state index contributed by atoms with van der Waals surface area (Å²) < 4.78 is 43.6. The molecule has 2 N–H and O–H groups in total. The van der Waals surface area contributed by atoms with E-state index in [0.29, 0.717) is 11.3 Å². The van der Waals surface area contributed by atoms with E-state index in [1.54, 1.807) is 18.2 Å². The van der Waals surface area contributed by atoms with Gasteiger partial charge in [0.25, 0.3) is 0 Å². The van der Waals surface area contributed by atoms with Gasteiger partial charge in [-0.1, -0.05) is 12.1 Å². The van der Waals surface area contributed by atoms with Gasteiger partial charge in [0.2, 0.25) is 0 Å². The molecular formula is C15H16FNO3S. The van der Waals surface area contributed by atoms with E-state index in [9.17, 15) is 12.8 Å². The fraction of sp³-hybridized carbons (Fsp3) is 0.200. The van der Waals surface area contributed by atoms with E-state index in [4.69, 9.17) is 10.5 Å². The Bertz CT molecular complexity index is 714. The Morgan fingerprint density at radius 3 is 2.38 bits per heavy atom. The number of methoxy groups -OCH3 is 1. The molecule has 0 amide bonds. The third-order valence-electron chi connectivity index (χ3n) is 3.20. The minimum Gasteiger partial charge on any atom is -0.497 e. The topological polar surface area (TPSA) is 69.4 Å². The number of hydrogen-bond donors (Lipinski definition) is 1. The van der Waals surface area contributed by atoms with Gasteiger partial charge in [0.1, 0.15) is 16.8 Å². The number of nitrogens with two attached hydrogens (primary N) is 1. The Hall–Kier alpha value is -1.92. The molecule has 0 aliphatic rings. The summed E-state index contributed by atoms with van der Waals surface area (Å²) in [7, 11) is -2.19. The van der Waals surface area contributed by atoms with Crippen molar-refractivity contribution in [1.82, 2.24) is 0 Å². The molecule has 0 aliphatic heterocycles. The summed E-state index contributed by atoms with van der Waals surface area (Å²) in [4.78, 5) is 0.128. The van der Waals surface area contributed by atoms with Gasteiger partial charge in [0, 0.05) is 6.54 Å². The van der Waals surface area contributed by atoms with E-state index < -0.39 is 20.9 Å². The Morgan fingerprint density at radius 1 is 1.19 bits per heavy atom. The molecule has 6 heteroatoms. The Morgan fingerprint density at radius 2 is 1.86 bits per heavy atom. The lowest BCUT2D eigenvalue weighted by atomic mass is 10.1. The Labute approximate surface area is 123 Å².